The molecule has 0 aliphatic heterocycles. The lowest BCUT2D eigenvalue weighted by Gasteiger charge is -2.02. The maximum absolute atomic E-state index is 9.14. The third-order valence-electron chi connectivity index (χ3n) is 2.79. The Morgan fingerprint density at radius 1 is 0.944 bits per heavy atom. The van der Waals surface area contributed by atoms with Gasteiger partial charge in [0, 0.05) is 11.1 Å². The molecule has 0 fully saturated rings. The molecule has 1 aromatic carbocycles. The second-order valence-corrected chi connectivity index (χ2v) is 3.83. The van der Waals surface area contributed by atoms with Crippen LogP contribution in [0.25, 0.3) is 22.5 Å². The van der Waals surface area contributed by atoms with Crippen LogP contribution in [0.1, 0.15) is 5.56 Å². The van der Waals surface area contributed by atoms with E-state index in [1.807, 2.05) is 30.3 Å². The summed E-state index contributed by atoms with van der Waals surface area (Å²) in [5.41, 5.74) is 3.25. The first-order valence-corrected chi connectivity index (χ1v) is 5.49. The molecule has 3 heteroatoms. The highest BCUT2D eigenvalue weighted by molar-refractivity contribution is 5.82. The first kappa shape index (κ1) is 10.4. The number of furan rings is 2. The van der Waals surface area contributed by atoms with Gasteiger partial charge in [-0.25, -0.2) is 0 Å². The molecule has 86 valence electrons. The van der Waals surface area contributed by atoms with Crippen molar-refractivity contribution in [2.75, 3.05) is 0 Å². The predicted molar refractivity (Wildman–Crippen MR) is 66.6 cm³/mol. The summed E-state index contributed by atoms with van der Waals surface area (Å²) in [6, 6.07) is 13.3. The number of benzene rings is 1. The molecule has 0 aliphatic rings. The average Bonchev–Trinajstić information content (AvgIpc) is 3.09. The SMILES string of the molecule is N#Cc1ccccc1-c1ccoc1-c1ccoc1. The van der Waals surface area contributed by atoms with Crippen LogP contribution < -0.4 is 0 Å². The third-order valence-corrected chi connectivity index (χ3v) is 2.79. The lowest BCUT2D eigenvalue weighted by atomic mass is 9.99. The molecule has 0 spiro atoms. The van der Waals surface area contributed by atoms with Crippen molar-refractivity contribution >= 4 is 0 Å². The predicted octanol–water partition coefficient (Wildman–Crippen LogP) is 4.08. The van der Waals surface area contributed by atoms with Gasteiger partial charge in [-0.3, -0.25) is 0 Å². The van der Waals surface area contributed by atoms with E-state index < -0.39 is 0 Å². The summed E-state index contributed by atoms with van der Waals surface area (Å²) < 4.78 is 10.6. The second kappa shape index (κ2) is 4.27. The van der Waals surface area contributed by atoms with Crippen molar-refractivity contribution in [3.8, 4) is 28.5 Å². The molecule has 0 saturated heterocycles. The van der Waals surface area contributed by atoms with E-state index in [9.17, 15) is 0 Å². The summed E-state index contributed by atoms with van der Waals surface area (Å²) in [4.78, 5) is 0. The quantitative estimate of drug-likeness (QED) is 0.672. The normalized spacial score (nSPS) is 10.2. The van der Waals surface area contributed by atoms with Gasteiger partial charge >= 0.3 is 0 Å². The molecule has 2 heterocycles. The summed E-state index contributed by atoms with van der Waals surface area (Å²) in [5.74, 6) is 0.714. The molecule has 0 N–H and O–H groups in total. The zero-order valence-corrected chi connectivity index (χ0v) is 9.46. The largest absolute Gasteiger partial charge is 0.472 e. The summed E-state index contributed by atoms with van der Waals surface area (Å²) in [7, 11) is 0. The molecule has 3 aromatic rings. The molecule has 2 aromatic heterocycles. The molecule has 3 rings (SSSR count). The fourth-order valence-corrected chi connectivity index (χ4v) is 1.95. The van der Waals surface area contributed by atoms with Crippen molar-refractivity contribution < 1.29 is 8.83 Å². The van der Waals surface area contributed by atoms with Crippen molar-refractivity contribution in [2.24, 2.45) is 0 Å². The van der Waals surface area contributed by atoms with E-state index in [1.165, 1.54) is 0 Å². The van der Waals surface area contributed by atoms with Gasteiger partial charge in [0.1, 0.15) is 12.0 Å². The van der Waals surface area contributed by atoms with Crippen molar-refractivity contribution in [1.29, 1.82) is 5.26 Å². The Hall–Kier alpha value is -2.73. The van der Waals surface area contributed by atoms with E-state index in [0.29, 0.717) is 11.3 Å². The molecular formula is C15H9NO2. The Morgan fingerprint density at radius 3 is 2.61 bits per heavy atom. The molecule has 3 nitrogen and oxygen atoms in total. The van der Waals surface area contributed by atoms with Crippen molar-refractivity contribution in [1.82, 2.24) is 0 Å². The molecule has 0 unspecified atom stereocenters. The maximum atomic E-state index is 9.14. The smallest absolute Gasteiger partial charge is 0.144 e. The van der Waals surface area contributed by atoms with E-state index in [-0.39, 0.29) is 0 Å². The number of rotatable bonds is 2. The van der Waals surface area contributed by atoms with Gasteiger partial charge < -0.3 is 8.83 Å². The molecule has 0 radical (unpaired) electrons. The zero-order valence-electron chi connectivity index (χ0n) is 9.46. The van der Waals surface area contributed by atoms with Gasteiger partial charge in [0.05, 0.1) is 29.7 Å². The Kier molecular flexibility index (Phi) is 2.47. The Balaban J connectivity index is 2.20. The van der Waals surface area contributed by atoms with Gasteiger partial charge in [0.25, 0.3) is 0 Å². The van der Waals surface area contributed by atoms with Crippen molar-refractivity contribution in [2.45, 2.75) is 0 Å². The van der Waals surface area contributed by atoms with Crippen LogP contribution in [0.4, 0.5) is 0 Å². The highest BCUT2D eigenvalue weighted by Crippen LogP contribution is 2.34. The van der Waals surface area contributed by atoms with Crippen LogP contribution in [0.15, 0.2) is 64.0 Å². The van der Waals surface area contributed by atoms with E-state index >= 15 is 0 Å². The van der Waals surface area contributed by atoms with Gasteiger partial charge in [0.15, 0.2) is 0 Å². The van der Waals surface area contributed by atoms with Crippen LogP contribution in [0.3, 0.4) is 0 Å². The first-order chi connectivity index (χ1) is 8.90. The van der Waals surface area contributed by atoms with E-state index in [1.54, 1.807) is 24.9 Å². The van der Waals surface area contributed by atoms with Gasteiger partial charge in [0.2, 0.25) is 0 Å². The Labute approximate surface area is 104 Å². The Morgan fingerprint density at radius 2 is 1.83 bits per heavy atom. The topological polar surface area (TPSA) is 50.1 Å². The van der Waals surface area contributed by atoms with Gasteiger partial charge in [-0.2, -0.15) is 5.26 Å². The highest BCUT2D eigenvalue weighted by Gasteiger charge is 2.14. The maximum Gasteiger partial charge on any atom is 0.144 e. The molecule has 0 atom stereocenters. The van der Waals surface area contributed by atoms with E-state index in [4.69, 9.17) is 14.1 Å². The van der Waals surface area contributed by atoms with Gasteiger partial charge in [-0.05, 0) is 18.2 Å². The van der Waals surface area contributed by atoms with Gasteiger partial charge in [-0.15, -0.1) is 0 Å². The standard InChI is InChI=1S/C15H9NO2/c16-9-11-3-1-2-4-13(11)14-6-8-18-15(14)12-5-7-17-10-12/h1-8,10H. The fourth-order valence-electron chi connectivity index (χ4n) is 1.95. The molecule has 0 bridgehead atoms. The molecule has 18 heavy (non-hydrogen) atoms. The monoisotopic (exact) mass is 235 g/mol. The molecule has 0 saturated carbocycles. The summed E-state index contributed by atoms with van der Waals surface area (Å²) >= 11 is 0. The summed E-state index contributed by atoms with van der Waals surface area (Å²) in [6.07, 6.45) is 4.83. The number of hydrogen-bond donors (Lipinski definition) is 0. The summed E-state index contributed by atoms with van der Waals surface area (Å²) in [5, 5.41) is 9.14. The van der Waals surface area contributed by atoms with Crippen LogP contribution >= 0.6 is 0 Å². The lowest BCUT2D eigenvalue weighted by molar-refractivity contribution is 0.560. The molecule has 0 aliphatic carbocycles. The average molecular weight is 235 g/mol. The van der Waals surface area contributed by atoms with Crippen LogP contribution in [0.2, 0.25) is 0 Å². The number of nitriles is 1. The summed E-state index contributed by atoms with van der Waals surface area (Å²) in [6.45, 7) is 0. The number of hydrogen-bond acceptors (Lipinski definition) is 3. The zero-order chi connectivity index (χ0) is 12.4. The lowest BCUT2D eigenvalue weighted by Crippen LogP contribution is -1.83. The Bertz CT molecular complexity index is 702. The highest BCUT2D eigenvalue weighted by atomic mass is 16.3. The minimum Gasteiger partial charge on any atom is -0.472 e. The van der Waals surface area contributed by atoms with Crippen LogP contribution in [0.5, 0.6) is 0 Å². The van der Waals surface area contributed by atoms with E-state index in [0.717, 1.165) is 16.7 Å². The first-order valence-electron chi connectivity index (χ1n) is 5.49. The molecular weight excluding hydrogens is 226 g/mol. The molecule has 0 amide bonds. The second-order valence-electron chi connectivity index (χ2n) is 3.83. The van der Waals surface area contributed by atoms with Crippen LogP contribution in [0, 0.1) is 11.3 Å². The van der Waals surface area contributed by atoms with Crippen LogP contribution in [-0.4, -0.2) is 0 Å². The van der Waals surface area contributed by atoms with Gasteiger partial charge in [-0.1, -0.05) is 18.2 Å². The fraction of sp³-hybridized carbons (Fsp3) is 0. The minimum absolute atomic E-state index is 0.628. The number of nitrogens with zero attached hydrogens (tertiary/aromatic N) is 1. The minimum atomic E-state index is 0.628. The third kappa shape index (κ3) is 1.61. The van der Waals surface area contributed by atoms with Crippen molar-refractivity contribution in [3.05, 3.63) is 60.8 Å². The van der Waals surface area contributed by atoms with E-state index in [2.05, 4.69) is 6.07 Å². The van der Waals surface area contributed by atoms with Crippen molar-refractivity contribution in [3.63, 3.8) is 0 Å². The van der Waals surface area contributed by atoms with Crippen LogP contribution in [-0.2, 0) is 0 Å².